The average molecular weight is 596 g/mol. The van der Waals surface area contributed by atoms with Crippen LogP contribution in [0.2, 0.25) is 25.7 Å². The lowest BCUT2D eigenvalue weighted by atomic mass is 10.1. The minimum atomic E-state index is -4.93. The Morgan fingerprint density at radius 2 is 1.85 bits per heavy atom. The number of sulfone groups is 1. The molecule has 4 aromatic rings. The molecule has 0 saturated heterocycles. The molecule has 0 saturated carbocycles. The predicted molar refractivity (Wildman–Crippen MR) is 149 cm³/mol. The minimum Gasteiger partial charge on any atom is -0.361 e. The first-order valence-electron chi connectivity index (χ1n) is 12.7. The molecule has 40 heavy (non-hydrogen) atoms. The van der Waals surface area contributed by atoms with Crippen molar-refractivity contribution in [3.63, 3.8) is 0 Å². The monoisotopic (exact) mass is 595 g/mol. The van der Waals surface area contributed by atoms with Crippen LogP contribution >= 0.6 is 0 Å². The smallest absolute Gasteiger partial charge is 0.361 e. The van der Waals surface area contributed by atoms with Gasteiger partial charge in [0.1, 0.15) is 12.6 Å². The van der Waals surface area contributed by atoms with E-state index in [0.29, 0.717) is 46.8 Å². The fraction of sp³-hybridized carbons (Fsp3) is 0.423. The molecular formula is C26H32F3N5O4SSi. The van der Waals surface area contributed by atoms with Crippen molar-refractivity contribution in [2.75, 3.05) is 19.4 Å². The van der Waals surface area contributed by atoms with Crippen molar-refractivity contribution in [2.45, 2.75) is 56.3 Å². The SMILES string of the molecule is C[Si](C)(C)CCOCn1c(-c2cccc(S(C)(=O)=O)c2)cc2c1ncc1cnc(CCCNC(=O)C(F)(F)F)n12. The highest BCUT2D eigenvalue weighted by Gasteiger charge is 2.38. The van der Waals surface area contributed by atoms with E-state index in [1.54, 1.807) is 24.5 Å². The maximum atomic E-state index is 12.5. The zero-order valence-corrected chi connectivity index (χ0v) is 24.6. The third kappa shape index (κ3) is 6.91. The standard InChI is InChI=1S/C26H32F3N5O4SSi/c1-39(36,37)20-8-5-7-18(13-20)21-14-22-24(33(21)17-38-11-12-40(2,3)4)32-16-19-15-31-23(34(19)22)9-6-10-30-25(35)26(27,28)29/h5,7-8,13-16H,6,9-12,17H2,1-4H3,(H,30,35). The van der Waals surface area contributed by atoms with Crippen LogP contribution in [0.5, 0.6) is 0 Å². The molecule has 0 fully saturated rings. The number of rotatable bonds is 11. The van der Waals surface area contributed by atoms with Crippen LogP contribution < -0.4 is 5.32 Å². The number of fused-ring (bicyclic) bond motifs is 3. The van der Waals surface area contributed by atoms with Gasteiger partial charge >= 0.3 is 12.1 Å². The molecule has 4 rings (SSSR count). The van der Waals surface area contributed by atoms with Crippen molar-refractivity contribution in [1.82, 2.24) is 24.3 Å². The van der Waals surface area contributed by atoms with Crippen LogP contribution in [-0.4, -0.2) is 66.9 Å². The van der Waals surface area contributed by atoms with E-state index in [2.05, 4.69) is 29.6 Å². The molecule has 3 heterocycles. The average Bonchev–Trinajstić information content (AvgIpc) is 3.44. The number of halogens is 3. The Morgan fingerprint density at radius 3 is 2.52 bits per heavy atom. The lowest BCUT2D eigenvalue weighted by molar-refractivity contribution is -0.173. The maximum absolute atomic E-state index is 12.5. The van der Waals surface area contributed by atoms with E-state index in [9.17, 15) is 26.4 Å². The van der Waals surface area contributed by atoms with Crippen LogP contribution in [0.25, 0.3) is 27.9 Å². The quantitative estimate of drug-likeness (QED) is 0.199. The van der Waals surface area contributed by atoms with Crippen molar-refractivity contribution in [3.8, 4) is 11.3 Å². The van der Waals surface area contributed by atoms with Crippen molar-refractivity contribution < 1.29 is 31.1 Å². The predicted octanol–water partition coefficient (Wildman–Crippen LogP) is 4.68. The molecule has 9 nitrogen and oxygen atoms in total. The van der Waals surface area contributed by atoms with Crippen molar-refractivity contribution in [1.29, 1.82) is 0 Å². The van der Waals surface area contributed by atoms with Gasteiger partial charge < -0.3 is 14.6 Å². The summed E-state index contributed by atoms with van der Waals surface area (Å²) >= 11 is 0. The van der Waals surface area contributed by atoms with Crippen LogP contribution in [0.3, 0.4) is 0 Å². The summed E-state index contributed by atoms with van der Waals surface area (Å²) in [6.07, 6.45) is 0.0575. The van der Waals surface area contributed by atoms with E-state index >= 15 is 0 Å². The molecule has 0 aliphatic rings. The lowest BCUT2D eigenvalue weighted by Crippen LogP contribution is -2.37. The first-order valence-corrected chi connectivity index (χ1v) is 18.3. The highest BCUT2D eigenvalue weighted by Crippen LogP contribution is 2.30. The molecule has 0 bridgehead atoms. The van der Waals surface area contributed by atoms with Crippen molar-refractivity contribution in [3.05, 3.63) is 48.5 Å². The Kier molecular flexibility index (Phi) is 8.43. The number of hydrogen-bond donors (Lipinski definition) is 1. The summed E-state index contributed by atoms with van der Waals surface area (Å²) in [5.74, 6) is -1.38. The Bertz CT molecular complexity index is 1640. The molecule has 1 amide bonds. The topological polar surface area (TPSA) is 108 Å². The number of nitrogens with one attached hydrogen (secondary N) is 1. The van der Waals surface area contributed by atoms with Crippen LogP contribution in [0.1, 0.15) is 12.2 Å². The number of aryl methyl sites for hydroxylation is 1. The van der Waals surface area contributed by atoms with Gasteiger partial charge in [0.05, 0.1) is 34.0 Å². The van der Waals surface area contributed by atoms with Gasteiger partial charge in [-0.25, -0.2) is 18.4 Å². The summed E-state index contributed by atoms with van der Waals surface area (Å²) in [6.45, 7) is 7.39. The lowest BCUT2D eigenvalue weighted by Gasteiger charge is -2.17. The third-order valence-electron chi connectivity index (χ3n) is 6.37. The second-order valence-electron chi connectivity index (χ2n) is 10.9. The molecule has 1 aromatic carbocycles. The second kappa shape index (κ2) is 11.3. The molecule has 0 spiro atoms. The second-order valence-corrected chi connectivity index (χ2v) is 18.5. The summed E-state index contributed by atoms with van der Waals surface area (Å²) < 4.78 is 71.8. The summed E-state index contributed by atoms with van der Waals surface area (Å²) in [5.41, 5.74) is 3.34. The largest absolute Gasteiger partial charge is 0.471 e. The van der Waals surface area contributed by atoms with Crippen LogP contribution in [0, 0.1) is 0 Å². The maximum Gasteiger partial charge on any atom is 0.471 e. The fourth-order valence-electron chi connectivity index (χ4n) is 4.24. The van der Waals surface area contributed by atoms with Gasteiger partial charge in [0.25, 0.3) is 0 Å². The van der Waals surface area contributed by atoms with Gasteiger partial charge in [0, 0.05) is 33.9 Å². The first kappa shape index (κ1) is 29.7. The highest BCUT2D eigenvalue weighted by molar-refractivity contribution is 7.90. The van der Waals surface area contributed by atoms with Crippen LogP contribution in [0.4, 0.5) is 13.2 Å². The van der Waals surface area contributed by atoms with Gasteiger partial charge in [-0.15, -0.1) is 0 Å². The molecule has 0 aliphatic heterocycles. The summed E-state index contributed by atoms with van der Waals surface area (Å²) in [7, 11) is -4.77. The number of ether oxygens (including phenoxy) is 1. The number of alkyl halides is 3. The fourth-order valence-corrected chi connectivity index (χ4v) is 5.66. The molecule has 0 atom stereocenters. The number of hydrogen-bond acceptors (Lipinski definition) is 6. The molecule has 0 aliphatic carbocycles. The van der Waals surface area contributed by atoms with Crippen LogP contribution in [-0.2, 0) is 32.5 Å². The molecule has 14 heteroatoms. The summed E-state index contributed by atoms with van der Waals surface area (Å²) in [6, 6.07) is 9.50. The van der Waals surface area contributed by atoms with E-state index in [1.807, 2.05) is 26.4 Å². The number of amides is 1. The molecule has 216 valence electrons. The van der Waals surface area contributed by atoms with Gasteiger partial charge in [-0.05, 0) is 36.2 Å². The number of nitrogens with zero attached hydrogens (tertiary/aromatic N) is 4. The Morgan fingerprint density at radius 1 is 1.12 bits per heavy atom. The first-order chi connectivity index (χ1) is 18.6. The van der Waals surface area contributed by atoms with Gasteiger partial charge in [-0.3, -0.25) is 9.20 Å². The Labute approximate surface area is 231 Å². The molecule has 1 N–H and O–H groups in total. The van der Waals surface area contributed by atoms with E-state index in [-0.39, 0.29) is 24.6 Å². The van der Waals surface area contributed by atoms with E-state index in [1.165, 1.54) is 6.07 Å². The molecule has 0 unspecified atom stereocenters. The van der Waals surface area contributed by atoms with Crippen molar-refractivity contribution in [2.24, 2.45) is 0 Å². The minimum absolute atomic E-state index is 0.156. The zero-order valence-electron chi connectivity index (χ0n) is 22.7. The van der Waals surface area contributed by atoms with Gasteiger partial charge in [0.2, 0.25) is 0 Å². The molecular weight excluding hydrogens is 563 g/mol. The molecule has 3 aromatic heterocycles. The number of benzene rings is 1. The number of carbonyl (C=O) groups excluding carboxylic acids is 1. The highest BCUT2D eigenvalue weighted by atomic mass is 32.2. The Hall–Kier alpha value is -3.23. The van der Waals surface area contributed by atoms with E-state index in [0.717, 1.165) is 12.3 Å². The summed E-state index contributed by atoms with van der Waals surface area (Å²) in [4.78, 5) is 20.4. The van der Waals surface area contributed by atoms with Crippen LogP contribution in [0.15, 0.2) is 47.6 Å². The Balaban J connectivity index is 1.72. The van der Waals surface area contributed by atoms with Gasteiger partial charge in [-0.2, -0.15) is 13.2 Å². The number of carbonyl (C=O) groups is 1. The number of imidazole rings is 1. The number of aromatic nitrogens is 4. The zero-order chi connectivity index (χ0) is 29.3. The normalized spacial score (nSPS) is 12.9. The van der Waals surface area contributed by atoms with Gasteiger partial charge in [0.15, 0.2) is 15.5 Å². The van der Waals surface area contributed by atoms with Gasteiger partial charge in [-0.1, -0.05) is 31.8 Å². The van der Waals surface area contributed by atoms with Crippen molar-refractivity contribution >= 4 is 40.5 Å². The molecule has 0 radical (unpaired) electrons. The summed E-state index contributed by atoms with van der Waals surface area (Å²) in [5, 5.41) is 1.88. The third-order valence-corrected chi connectivity index (χ3v) is 9.18. The van der Waals surface area contributed by atoms with E-state index < -0.39 is 30.0 Å². The van der Waals surface area contributed by atoms with E-state index in [4.69, 9.17) is 4.74 Å².